The lowest BCUT2D eigenvalue weighted by atomic mass is 9.97. The summed E-state index contributed by atoms with van der Waals surface area (Å²) in [5.41, 5.74) is 7.07. The van der Waals surface area contributed by atoms with E-state index in [2.05, 4.69) is 4.98 Å². The number of nitrogens with one attached hydrogen (secondary N) is 1. The molecule has 1 atom stereocenters. The monoisotopic (exact) mass is 308 g/mol. The Balaban J connectivity index is 0.00000106. The van der Waals surface area contributed by atoms with Gasteiger partial charge in [-0.3, -0.25) is 9.59 Å². The second kappa shape index (κ2) is 7.27. The van der Waals surface area contributed by atoms with Crippen molar-refractivity contribution in [1.29, 1.82) is 0 Å². The first-order chi connectivity index (χ1) is 9.95. The molecule has 0 aliphatic rings. The Morgan fingerprint density at radius 3 is 2.52 bits per heavy atom. The van der Waals surface area contributed by atoms with Crippen LogP contribution in [0.4, 0.5) is 0 Å². The molecule has 2 rings (SSSR count). The molecule has 0 fully saturated rings. The van der Waals surface area contributed by atoms with Crippen molar-refractivity contribution in [2.24, 2.45) is 5.73 Å². The number of carbonyl (C=O) groups is 1. The highest BCUT2D eigenvalue weighted by atomic mass is 35.5. The SMILES string of the molecule is CC.CCc1c(C(C)C(N)=O)[nH]c2ccc(Cl)cc2c1=O. The van der Waals surface area contributed by atoms with Gasteiger partial charge in [0.2, 0.25) is 5.91 Å². The van der Waals surface area contributed by atoms with Crippen LogP contribution in [0.15, 0.2) is 23.0 Å². The second-order valence-corrected chi connectivity index (χ2v) is 4.95. The zero-order valence-electron chi connectivity index (χ0n) is 12.8. The van der Waals surface area contributed by atoms with Gasteiger partial charge in [0.1, 0.15) is 0 Å². The molecule has 0 aliphatic heterocycles. The lowest BCUT2D eigenvalue weighted by molar-refractivity contribution is -0.119. The van der Waals surface area contributed by atoms with E-state index in [0.717, 1.165) is 0 Å². The predicted octanol–water partition coefficient (Wildman–Crippen LogP) is 3.36. The number of aromatic amines is 1. The Morgan fingerprint density at radius 1 is 1.38 bits per heavy atom. The van der Waals surface area contributed by atoms with E-state index in [-0.39, 0.29) is 5.43 Å². The van der Waals surface area contributed by atoms with Crippen molar-refractivity contribution in [3.05, 3.63) is 44.7 Å². The highest BCUT2D eigenvalue weighted by Gasteiger charge is 2.19. The minimum absolute atomic E-state index is 0.0955. The van der Waals surface area contributed by atoms with Crippen molar-refractivity contribution in [3.63, 3.8) is 0 Å². The van der Waals surface area contributed by atoms with Gasteiger partial charge in [0.25, 0.3) is 0 Å². The number of nitrogens with two attached hydrogens (primary N) is 1. The Kier molecular flexibility index (Phi) is 5.97. The average Bonchev–Trinajstić information content (AvgIpc) is 2.49. The van der Waals surface area contributed by atoms with E-state index >= 15 is 0 Å². The molecule has 3 N–H and O–H groups in total. The third-order valence-electron chi connectivity index (χ3n) is 3.31. The Labute approximate surface area is 129 Å². The van der Waals surface area contributed by atoms with Crippen molar-refractivity contribution in [3.8, 4) is 0 Å². The van der Waals surface area contributed by atoms with E-state index in [1.165, 1.54) is 0 Å². The number of pyridine rings is 1. The van der Waals surface area contributed by atoms with Crippen LogP contribution in [0.1, 0.15) is 44.9 Å². The van der Waals surface area contributed by atoms with Crippen LogP contribution in [0.5, 0.6) is 0 Å². The molecule has 1 aromatic heterocycles. The number of fused-ring (bicyclic) bond motifs is 1. The summed E-state index contributed by atoms with van der Waals surface area (Å²) >= 11 is 5.91. The summed E-state index contributed by atoms with van der Waals surface area (Å²) in [7, 11) is 0. The lowest BCUT2D eigenvalue weighted by Gasteiger charge is -2.14. The molecule has 0 radical (unpaired) electrons. The third kappa shape index (κ3) is 3.45. The van der Waals surface area contributed by atoms with Crippen LogP contribution >= 0.6 is 11.6 Å². The molecule has 0 saturated carbocycles. The number of carbonyl (C=O) groups excluding carboxylic acids is 1. The number of hydrogen-bond acceptors (Lipinski definition) is 2. The van der Waals surface area contributed by atoms with Crippen LogP contribution in [-0.4, -0.2) is 10.9 Å². The first kappa shape index (κ1) is 17.2. The molecule has 114 valence electrons. The van der Waals surface area contributed by atoms with E-state index in [1.807, 2.05) is 20.8 Å². The van der Waals surface area contributed by atoms with Crippen LogP contribution in [0.3, 0.4) is 0 Å². The summed E-state index contributed by atoms with van der Waals surface area (Å²) in [5.74, 6) is -0.985. The van der Waals surface area contributed by atoms with Crippen molar-refractivity contribution < 1.29 is 4.79 Å². The summed E-state index contributed by atoms with van der Waals surface area (Å²) in [6.45, 7) is 7.56. The van der Waals surface area contributed by atoms with E-state index in [4.69, 9.17) is 17.3 Å². The molecular weight excluding hydrogens is 288 g/mol. The summed E-state index contributed by atoms with van der Waals surface area (Å²) in [5, 5.41) is 1.04. The molecule has 1 amide bonds. The van der Waals surface area contributed by atoms with Crippen LogP contribution in [-0.2, 0) is 11.2 Å². The van der Waals surface area contributed by atoms with Gasteiger partial charge in [0.15, 0.2) is 5.43 Å². The molecular formula is C16H21ClN2O2. The van der Waals surface area contributed by atoms with Gasteiger partial charge < -0.3 is 10.7 Å². The molecule has 0 aliphatic carbocycles. The zero-order valence-corrected chi connectivity index (χ0v) is 13.5. The Hall–Kier alpha value is -1.81. The topological polar surface area (TPSA) is 76.0 Å². The maximum absolute atomic E-state index is 12.4. The summed E-state index contributed by atoms with van der Waals surface area (Å²) < 4.78 is 0. The van der Waals surface area contributed by atoms with Crippen molar-refractivity contribution in [2.75, 3.05) is 0 Å². The van der Waals surface area contributed by atoms with Gasteiger partial charge in [-0.2, -0.15) is 0 Å². The number of hydrogen-bond donors (Lipinski definition) is 2. The van der Waals surface area contributed by atoms with E-state index < -0.39 is 11.8 Å². The molecule has 1 unspecified atom stereocenters. The van der Waals surface area contributed by atoms with Gasteiger partial charge in [-0.05, 0) is 31.5 Å². The number of aromatic nitrogens is 1. The minimum atomic E-state index is -0.525. The summed E-state index contributed by atoms with van der Waals surface area (Å²) in [4.78, 5) is 26.9. The van der Waals surface area contributed by atoms with Crippen LogP contribution in [0.2, 0.25) is 5.02 Å². The number of rotatable bonds is 3. The number of amides is 1. The second-order valence-electron chi connectivity index (χ2n) is 4.51. The number of halogens is 1. The quantitative estimate of drug-likeness (QED) is 0.912. The molecule has 5 heteroatoms. The maximum Gasteiger partial charge on any atom is 0.226 e. The third-order valence-corrected chi connectivity index (χ3v) is 3.54. The van der Waals surface area contributed by atoms with Crippen molar-refractivity contribution >= 4 is 28.4 Å². The van der Waals surface area contributed by atoms with E-state index in [1.54, 1.807) is 25.1 Å². The highest BCUT2D eigenvalue weighted by molar-refractivity contribution is 6.31. The first-order valence-electron chi connectivity index (χ1n) is 7.09. The normalized spacial score (nSPS) is 11.7. The fraction of sp³-hybridized carbons (Fsp3) is 0.375. The summed E-state index contributed by atoms with van der Waals surface area (Å²) in [6.07, 6.45) is 0.532. The molecule has 21 heavy (non-hydrogen) atoms. The minimum Gasteiger partial charge on any atom is -0.369 e. The van der Waals surface area contributed by atoms with Gasteiger partial charge in [-0.1, -0.05) is 32.4 Å². The van der Waals surface area contributed by atoms with Gasteiger partial charge in [0, 0.05) is 27.2 Å². The maximum atomic E-state index is 12.4. The fourth-order valence-electron chi connectivity index (χ4n) is 2.18. The molecule has 0 saturated heterocycles. The Morgan fingerprint density at radius 2 is 2.00 bits per heavy atom. The molecule has 4 nitrogen and oxygen atoms in total. The standard InChI is InChI=1S/C14H15ClN2O2.C2H6/c1-3-9-12(7(2)14(16)19)17-11-5-4-8(15)6-10(11)13(9)18;1-2/h4-7H,3H2,1-2H3,(H2,16,19)(H,17,18);1-2H3. The fourth-order valence-corrected chi connectivity index (χ4v) is 2.35. The van der Waals surface area contributed by atoms with Crippen LogP contribution in [0.25, 0.3) is 10.9 Å². The number of H-pyrrole nitrogens is 1. The average molecular weight is 309 g/mol. The van der Waals surface area contributed by atoms with Crippen LogP contribution < -0.4 is 11.2 Å². The van der Waals surface area contributed by atoms with Crippen molar-refractivity contribution in [2.45, 2.75) is 40.0 Å². The zero-order chi connectivity index (χ0) is 16.2. The van der Waals surface area contributed by atoms with Gasteiger partial charge >= 0.3 is 0 Å². The van der Waals surface area contributed by atoms with E-state index in [9.17, 15) is 9.59 Å². The van der Waals surface area contributed by atoms with Gasteiger partial charge in [-0.25, -0.2) is 0 Å². The van der Waals surface area contributed by atoms with Crippen molar-refractivity contribution in [1.82, 2.24) is 4.98 Å². The lowest BCUT2D eigenvalue weighted by Crippen LogP contribution is -2.24. The first-order valence-corrected chi connectivity index (χ1v) is 7.47. The van der Waals surface area contributed by atoms with E-state index in [0.29, 0.717) is 33.6 Å². The number of primary amides is 1. The molecule has 2 aromatic rings. The summed E-state index contributed by atoms with van der Waals surface area (Å²) in [6, 6.07) is 5.06. The molecule has 0 spiro atoms. The molecule has 1 heterocycles. The molecule has 0 bridgehead atoms. The largest absolute Gasteiger partial charge is 0.369 e. The van der Waals surface area contributed by atoms with Gasteiger partial charge in [0.05, 0.1) is 5.92 Å². The number of benzene rings is 1. The van der Waals surface area contributed by atoms with Gasteiger partial charge in [-0.15, -0.1) is 0 Å². The smallest absolute Gasteiger partial charge is 0.226 e. The molecule has 1 aromatic carbocycles. The Bertz CT molecular complexity index is 707. The van der Waals surface area contributed by atoms with Crippen LogP contribution in [0, 0.1) is 0 Å². The predicted molar refractivity (Wildman–Crippen MR) is 87.9 cm³/mol. The highest BCUT2D eigenvalue weighted by Crippen LogP contribution is 2.21.